The zero-order chi connectivity index (χ0) is 15.2. The molecule has 7 nitrogen and oxygen atoms in total. The summed E-state index contributed by atoms with van der Waals surface area (Å²) < 4.78 is 6.17. The lowest BCUT2D eigenvalue weighted by atomic mass is 9.98. The molecular formula is C14H21N3O4. The average molecular weight is 295 g/mol. The molecule has 0 aromatic carbocycles. The molecule has 1 aromatic rings. The molecule has 0 atom stereocenters. The number of hydrogen-bond acceptors (Lipinski definition) is 5. The maximum atomic E-state index is 12.4. The van der Waals surface area contributed by atoms with Crippen LogP contribution in [0.25, 0.3) is 0 Å². The van der Waals surface area contributed by atoms with Gasteiger partial charge in [-0.3, -0.25) is 9.59 Å². The van der Waals surface area contributed by atoms with Crippen LogP contribution in [0, 0.1) is 5.92 Å². The van der Waals surface area contributed by atoms with Crippen LogP contribution in [0.1, 0.15) is 23.3 Å². The van der Waals surface area contributed by atoms with Gasteiger partial charge in [-0.05, 0) is 24.8 Å². The number of aliphatic hydroxyl groups excluding tert-OH is 1. The van der Waals surface area contributed by atoms with Gasteiger partial charge in [-0.1, -0.05) is 0 Å². The molecule has 0 unspecified atom stereocenters. The second kappa shape index (κ2) is 7.33. The summed E-state index contributed by atoms with van der Waals surface area (Å²) in [4.78, 5) is 25.8. The Hall–Kier alpha value is -1.73. The fraction of sp³-hybridized carbons (Fsp3) is 0.643. The van der Waals surface area contributed by atoms with Crippen molar-refractivity contribution in [2.75, 3.05) is 33.4 Å². The van der Waals surface area contributed by atoms with Crippen LogP contribution >= 0.6 is 0 Å². The lowest BCUT2D eigenvalue weighted by Crippen LogP contribution is -2.40. The van der Waals surface area contributed by atoms with E-state index in [1.807, 2.05) is 0 Å². The van der Waals surface area contributed by atoms with Gasteiger partial charge in [-0.2, -0.15) is 5.10 Å². The molecule has 1 fully saturated rings. The van der Waals surface area contributed by atoms with Crippen LogP contribution in [0.5, 0.6) is 0 Å². The maximum Gasteiger partial charge on any atom is 0.274 e. The molecular weight excluding hydrogens is 274 g/mol. The van der Waals surface area contributed by atoms with Gasteiger partial charge in [0.25, 0.3) is 11.5 Å². The number of carbonyl (C=O) groups excluding carboxylic acids is 1. The number of piperidine rings is 1. The largest absolute Gasteiger partial charge is 0.396 e. The first kappa shape index (κ1) is 15.7. The standard InChI is InChI=1S/C14H21N3O4/c1-21-9-8-17-13(19)3-2-12(15-17)14(20)16-6-4-11(10-18)5-7-16/h2-3,11,18H,4-10H2,1H3. The number of ether oxygens (including phenoxy) is 1. The van der Waals surface area contributed by atoms with Crippen LogP contribution in [-0.4, -0.2) is 59.1 Å². The number of amides is 1. The van der Waals surface area contributed by atoms with E-state index < -0.39 is 0 Å². The van der Waals surface area contributed by atoms with E-state index >= 15 is 0 Å². The predicted octanol–water partition coefficient (Wildman–Crippen LogP) is -0.266. The smallest absolute Gasteiger partial charge is 0.274 e. The molecule has 2 heterocycles. The summed E-state index contributed by atoms with van der Waals surface area (Å²) in [5, 5.41) is 13.2. The lowest BCUT2D eigenvalue weighted by Gasteiger charge is -2.30. The van der Waals surface area contributed by atoms with Crippen molar-refractivity contribution in [1.82, 2.24) is 14.7 Å². The van der Waals surface area contributed by atoms with E-state index in [-0.39, 0.29) is 29.7 Å². The van der Waals surface area contributed by atoms with E-state index in [0.29, 0.717) is 26.2 Å². The van der Waals surface area contributed by atoms with Gasteiger partial charge < -0.3 is 14.7 Å². The van der Waals surface area contributed by atoms with E-state index in [2.05, 4.69) is 5.10 Å². The molecule has 2 rings (SSSR count). The second-order valence-corrected chi connectivity index (χ2v) is 5.19. The molecule has 1 aliphatic rings. The summed E-state index contributed by atoms with van der Waals surface area (Å²) in [6, 6.07) is 2.82. The first-order chi connectivity index (χ1) is 10.2. The number of hydrogen-bond donors (Lipinski definition) is 1. The molecule has 1 N–H and O–H groups in total. The van der Waals surface area contributed by atoms with Crippen molar-refractivity contribution in [3.63, 3.8) is 0 Å². The van der Waals surface area contributed by atoms with Gasteiger partial charge in [-0.15, -0.1) is 0 Å². The Morgan fingerprint density at radius 3 is 2.76 bits per heavy atom. The van der Waals surface area contributed by atoms with E-state index in [9.17, 15) is 9.59 Å². The Morgan fingerprint density at radius 2 is 2.14 bits per heavy atom. The third-order valence-corrected chi connectivity index (χ3v) is 3.75. The molecule has 0 radical (unpaired) electrons. The van der Waals surface area contributed by atoms with Crippen LogP contribution in [0.15, 0.2) is 16.9 Å². The molecule has 7 heteroatoms. The lowest BCUT2D eigenvalue weighted by molar-refractivity contribution is 0.0641. The summed E-state index contributed by atoms with van der Waals surface area (Å²) in [7, 11) is 1.55. The van der Waals surface area contributed by atoms with E-state index in [4.69, 9.17) is 9.84 Å². The topological polar surface area (TPSA) is 84.7 Å². The number of nitrogens with zero attached hydrogens (tertiary/aromatic N) is 3. The third-order valence-electron chi connectivity index (χ3n) is 3.75. The van der Waals surface area contributed by atoms with Crippen LogP contribution in [0.3, 0.4) is 0 Å². The zero-order valence-electron chi connectivity index (χ0n) is 12.2. The molecule has 0 aliphatic carbocycles. The van der Waals surface area contributed by atoms with Crippen LogP contribution in [0.4, 0.5) is 0 Å². The van der Waals surface area contributed by atoms with Crippen molar-refractivity contribution in [2.24, 2.45) is 5.92 Å². The minimum absolute atomic E-state index is 0.169. The highest BCUT2D eigenvalue weighted by molar-refractivity contribution is 5.92. The van der Waals surface area contributed by atoms with Gasteiger partial charge in [0.1, 0.15) is 5.69 Å². The number of methoxy groups -OCH3 is 1. The zero-order valence-corrected chi connectivity index (χ0v) is 12.2. The summed E-state index contributed by atoms with van der Waals surface area (Å²) in [6.45, 7) is 2.09. The highest BCUT2D eigenvalue weighted by Crippen LogP contribution is 2.17. The van der Waals surface area contributed by atoms with Gasteiger partial charge in [0.15, 0.2) is 0 Å². The molecule has 1 aliphatic heterocycles. The van der Waals surface area contributed by atoms with Crippen molar-refractivity contribution >= 4 is 5.91 Å². The minimum atomic E-state index is -0.248. The summed E-state index contributed by atoms with van der Waals surface area (Å²) in [5.74, 6) is 0.107. The van der Waals surface area contributed by atoms with Gasteiger partial charge >= 0.3 is 0 Å². The third kappa shape index (κ3) is 3.89. The predicted molar refractivity (Wildman–Crippen MR) is 76.1 cm³/mol. The second-order valence-electron chi connectivity index (χ2n) is 5.19. The van der Waals surface area contributed by atoms with Crippen molar-refractivity contribution < 1.29 is 14.6 Å². The van der Waals surface area contributed by atoms with Crippen molar-refractivity contribution in [3.05, 3.63) is 28.2 Å². The number of likely N-dealkylation sites (tertiary alicyclic amines) is 1. The van der Waals surface area contributed by atoms with E-state index in [0.717, 1.165) is 12.8 Å². The Labute approximate surface area is 123 Å². The molecule has 116 valence electrons. The SMILES string of the molecule is COCCn1nc(C(=O)N2CCC(CO)CC2)ccc1=O. The fourth-order valence-electron chi connectivity index (χ4n) is 2.38. The van der Waals surface area contributed by atoms with Crippen LogP contribution in [0.2, 0.25) is 0 Å². The number of aliphatic hydroxyl groups is 1. The van der Waals surface area contributed by atoms with Crippen LogP contribution in [-0.2, 0) is 11.3 Å². The number of carbonyl (C=O) groups is 1. The molecule has 0 saturated carbocycles. The minimum Gasteiger partial charge on any atom is -0.396 e. The highest BCUT2D eigenvalue weighted by Gasteiger charge is 2.24. The Balaban J connectivity index is 2.07. The fourth-order valence-corrected chi connectivity index (χ4v) is 2.38. The quantitative estimate of drug-likeness (QED) is 0.808. The molecule has 1 aromatic heterocycles. The molecule has 0 spiro atoms. The van der Waals surface area contributed by atoms with Gasteiger partial charge in [0.2, 0.25) is 0 Å². The number of rotatable bonds is 5. The summed E-state index contributed by atoms with van der Waals surface area (Å²) in [6.07, 6.45) is 1.59. The Kier molecular flexibility index (Phi) is 5.46. The van der Waals surface area contributed by atoms with Gasteiger partial charge in [0, 0.05) is 32.9 Å². The van der Waals surface area contributed by atoms with E-state index in [1.165, 1.54) is 16.8 Å². The first-order valence-electron chi connectivity index (χ1n) is 7.13. The summed E-state index contributed by atoms with van der Waals surface area (Å²) in [5.41, 5.74) is 0.0238. The van der Waals surface area contributed by atoms with Crippen molar-refractivity contribution in [3.8, 4) is 0 Å². The van der Waals surface area contributed by atoms with Crippen molar-refractivity contribution in [1.29, 1.82) is 0 Å². The van der Waals surface area contributed by atoms with Gasteiger partial charge in [-0.25, -0.2) is 4.68 Å². The molecule has 1 saturated heterocycles. The Bertz CT molecular complexity index is 535. The first-order valence-corrected chi connectivity index (χ1v) is 7.13. The highest BCUT2D eigenvalue weighted by atomic mass is 16.5. The van der Waals surface area contributed by atoms with Crippen molar-refractivity contribution in [2.45, 2.75) is 19.4 Å². The van der Waals surface area contributed by atoms with E-state index in [1.54, 1.807) is 12.0 Å². The molecule has 0 bridgehead atoms. The molecule has 1 amide bonds. The Morgan fingerprint density at radius 1 is 1.43 bits per heavy atom. The number of aromatic nitrogens is 2. The maximum absolute atomic E-state index is 12.4. The normalized spacial score (nSPS) is 16.2. The van der Waals surface area contributed by atoms with Gasteiger partial charge in [0.05, 0.1) is 13.2 Å². The summed E-state index contributed by atoms with van der Waals surface area (Å²) >= 11 is 0. The monoisotopic (exact) mass is 295 g/mol. The van der Waals surface area contributed by atoms with Crippen LogP contribution < -0.4 is 5.56 Å². The molecule has 21 heavy (non-hydrogen) atoms. The average Bonchev–Trinajstić information content (AvgIpc) is 2.53.